The second-order valence-electron chi connectivity index (χ2n) is 2.31. The molecule has 0 saturated carbocycles. The van der Waals surface area contributed by atoms with Crippen LogP contribution in [0.1, 0.15) is 18.6 Å². The van der Waals surface area contributed by atoms with Gasteiger partial charge in [0, 0.05) is 5.56 Å². The highest BCUT2D eigenvalue weighted by atomic mass is 35.5. The molecule has 1 heterocycles. The Labute approximate surface area is 75.1 Å². The minimum atomic E-state index is -0.659. The normalized spacial score (nSPS) is 12.7. The maximum absolute atomic E-state index is 9.25. The molecule has 12 heavy (non-hydrogen) atoms. The molecule has 0 spiro atoms. The second kappa shape index (κ2) is 3.69. The summed E-state index contributed by atoms with van der Waals surface area (Å²) in [6.45, 7) is 1.61. The van der Waals surface area contributed by atoms with Crippen molar-refractivity contribution in [1.82, 2.24) is 10.2 Å². The number of methoxy groups -OCH3 is 1. The fraction of sp³-hybridized carbons (Fsp3) is 0.429. The molecule has 0 aromatic carbocycles. The Bertz CT molecular complexity index is 278. The Kier molecular flexibility index (Phi) is 2.83. The topological polar surface area (TPSA) is 55.2 Å². The van der Waals surface area contributed by atoms with Crippen LogP contribution in [0, 0.1) is 0 Å². The van der Waals surface area contributed by atoms with Gasteiger partial charge in [-0.2, -0.15) is 0 Å². The minimum absolute atomic E-state index is 0.242. The summed E-state index contributed by atoms with van der Waals surface area (Å²) < 4.78 is 4.87. The van der Waals surface area contributed by atoms with Gasteiger partial charge in [-0.05, 0) is 13.0 Å². The summed E-state index contributed by atoms with van der Waals surface area (Å²) in [7, 11) is 1.46. The Hall–Kier alpha value is -0.870. The van der Waals surface area contributed by atoms with Crippen LogP contribution >= 0.6 is 11.6 Å². The molecule has 4 nitrogen and oxygen atoms in total. The molecular weight excluding hydrogens is 180 g/mol. The summed E-state index contributed by atoms with van der Waals surface area (Å²) in [6.07, 6.45) is -0.659. The first kappa shape index (κ1) is 9.22. The Morgan fingerprint density at radius 1 is 1.58 bits per heavy atom. The number of rotatable bonds is 2. The van der Waals surface area contributed by atoms with Gasteiger partial charge in [-0.25, -0.2) is 0 Å². The van der Waals surface area contributed by atoms with Gasteiger partial charge in [0.25, 0.3) is 0 Å². The molecule has 66 valence electrons. The second-order valence-corrected chi connectivity index (χ2v) is 2.69. The van der Waals surface area contributed by atoms with Gasteiger partial charge < -0.3 is 9.84 Å². The molecule has 1 unspecified atom stereocenters. The van der Waals surface area contributed by atoms with Gasteiger partial charge in [0.2, 0.25) is 5.88 Å². The summed E-state index contributed by atoms with van der Waals surface area (Å²) in [5, 5.41) is 16.7. The largest absolute Gasteiger partial charge is 0.480 e. The van der Waals surface area contributed by atoms with E-state index >= 15 is 0 Å². The lowest BCUT2D eigenvalue weighted by molar-refractivity contribution is 0.192. The summed E-state index contributed by atoms with van der Waals surface area (Å²) in [5.41, 5.74) is 0.539. The standard InChI is InChI=1S/C7H9ClN2O2/c1-4(11)5-3-6(8)9-10-7(5)12-2/h3-4,11H,1-2H3. The molecule has 0 aliphatic carbocycles. The number of nitrogens with zero attached hydrogens (tertiary/aromatic N) is 2. The van der Waals surface area contributed by atoms with Crippen molar-refractivity contribution >= 4 is 11.6 Å². The van der Waals surface area contributed by atoms with Crippen LogP contribution in [0.3, 0.4) is 0 Å². The molecule has 1 aromatic heterocycles. The summed E-state index contributed by atoms with van der Waals surface area (Å²) in [6, 6.07) is 1.53. The van der Waals surface area contributed by atoms with E-state index in [1.807, 2.05) is 0 Å². The highest BCUT2D eigenvalue weighted by molar-refractivity contribution is 6.29. The molecule has 1 N–H and O–H groups in total. The lowest BCUT2D eigenvalue weighted by Gasteiger charge is -2.08. The average molecular weight is 189 g/mol. The summed E-state index contributed by atoms with van der Waals surface area (Å²) in [4.78, 5) is 0. The van der Waals surface area contributed by atoms with Crippen LogP contribution in [0.2, 0.25) is 5.15 Å². The molecule has 0 amide bonds. The van der Waals surface area contributed by atoms with E-state index in [4.69, 9.17) is 16.3 Å². The van der Waals surface area contributed by atoms with Crippen molar-refractivity contribution in [1.29, 1.82) is 0 Å². The van der Waals surface area contributed by atoms with Crippen LogP contribution in [0.5, 0.6) is 5.88 Å². The van der Waals surface area contributed by atoms with E-state index in [-0.39, 0.29) is 5.15 Å². The third kappa shape index (κ3) is 1.84. The molecule has 5 heteroatoms. The lowest BCUT2D eigenvalue weighted by Crippen LogP contribution is -2.00. The highest BCUT2D eigenvalue weighted by Crippen LogP contribution is 2.23. The average Bonchev–Trinajstić information content (AvgIpc) is 2.04. The summed E-state index contributed by atoms with van der Waals surface area (Å²) >= 11 is 5.58. The smallest absolute Gasteiger partial charge is 0.239 e. The summed E-state index contributed by atoms with van der Waals surface area (Å²) in [5.74, 6) is 0.300. The molecule has 1 atom stereocenters. The minimum Gasteiger partial charge on any atom is -0.480 e. The van der Waals surface area contributed by atoms with Crippen molar-refractivity contribution in [3.05, 3.63) is 16.8 Å². The molecule has 0 aliphatic heterocycles. The van der Waals surface area contributed by atoms with Crippen LogP contribution in [0.4, 0.5) is 0 Å². The van der Waals surface area contributed by atoms with Crippen LogP contribution in [0.15, 0.2) is 6.07 Å². The van der Waals surface area contributed by atoms with E-state index in [2.05, 4.69) is 10.2 Å². The van der Waals surface area contributed by atoms with Gasteiger partial charge in [-0.3, -0.25) is 0 Å². The number of hydrogen-bond donors (Lipinski definition) is 1. The van der Waals surface area contributed by atoms with Crippen molar-refractivity contribution in [2.75, 3.05) is 7.11 Å². The Balaban J connectivity index is 3.12. The number of aromatic nitrogens is 2. The monoisotopic (exact) mass is 188 g/mol. The van der Waals surface area contributed by atoms with Gasteiger partial charge in [0.1, 0.15) is 0 Å². The fourth-order valence-corrected chi connectivity index (χ4v) is 0.983. The highest BCUT2D eigenvalue weighted by Gasteiger charge is 2.10. The Morgan fingerprint density at radius 2 is 2.25 bits per heavy atom. The molecule has 1 rings (SSSR count). The van der Waals surface area contributed by atoms with Gasteiger partial charge in [-0.15, -0.1) is 10.2 Å². The van der Waals surface area contributed by atoms with Crippen LogP contribution in [0.25, 0.3) is 0 Å². The van der Waals surface area contributed by atoms with Crippen molar-refractivity contribution in [2.45, 2.75) is 13.0 Å². The zero-order chi connectivity index (χ0) is 9.14. The van der Waals surface area contributed by atoms with E-state index in [1.165, 1.54) is 13.2 Å². The maximum Gasteiger partial charge on any atom is 0.239 e. The van der Waals surface area contributed by atoms with Gasteiger partial charge >= 0.3 is 0 Å². The quantitative estimate of drug-likeness (QED) is 0.758. The lowest BCUT2D eigenvalue weighted by atomic mass is 10.2. The molecule has 0 radical (unpaired) electrons. The maximum atomic E-state index is 9.25. The number of aliphatic hydroxyl groups is 1. The third-order valence-electron chi connectivity index (χ3n) is 1.40. The van der Waals surface area contributed by atoms with Crippen LogP contribution in [-0.4, -0.2) is 22.4 Å². The van der Waals surface area contributed by atoms with Crippen LogP contribution in [-0.2, 0) is 0 Å². The zero-order valence-electron chi connectivity index (χ0n) is 6.78. The fourth-order valence-electron chi connectivity index (χ4n) is 0.828. The molecule has 0 saturated heterocycles. The van der Waals surface area contributed by atoms with E-state index in [1.54, 1.807) is 6.92 Å². The molecule has 0 bridgehead atoms. The zero-order valence-corrected chi connectivity index (χ0v) is 7.54. The molecule has 0 aliphatic rings. The number of hydrogen-bond acceptors (Lipinski definition) is 4. The first-order chi connectivity index (χ1) is 5.65. The number of halogens is 1. The SMILES string of the molecule is COc1nnc(Cl)cc1C(C)O. The van der Waals surface area contributed by atoms with Crippen molar-refractivity contribution in [2.24, 2.45) is 0 Å². The van der Waals surface area contributed by atoms with E-state index < -0.39 is 6.10 Å². The number of ether oxygens (including phenoxy) is 1. The Morgan fingerprint density at radius 3 is 2.75 bits per heavy atom. The van der Waals surface area contributed by atoms with E-state index in [0.717, 1.165) is 0 Å². The molecule has 1 aromatic rings. The molecule has 0 fully saturated rings. The third-order valence-corrected chi connectivity index (χ3v) is 1.59. The predicted molar refractivity (Wildman–Crippen MR) is 44.2 cm³/mol. The number of aliphatic hydroxyl groups excluding tert-OH is 1. The van der Waals surface area contributed by atoms with E-state index in [9.17, 15) is 5.11 Å². The molecular formula is C7H9ClN2O2. The van der Waals surface area contributed by atoms with Gasteiger partial charge in [0.05, 0.1) is 13.2 Å². The first-order valence-corrected chi connectivity index (χ1v) is 3.78. The predicted octanol–water partition coefficient (Wildman–Crippen LogP) is 1.19. The van der Waals surface area contributed by atoms with Crippen molar-refractivity contribution < 1.29 is 9.84 Å². The van der Waals surface area contributed by atoms with E-state index in [0.29, 0.717) is 11.4 Å². The first-order valence-electron chi connectivity index (χ1n) is 3.40. The van der Waals surface area contributed by atoms with Crippen LogP contribution < -0.4 is 4.74 Å². The van der Waals surface area contributed by atoms with Crippen molar-refractivity contribution in [3.8, 4) is 5.88 Å². The van der Waals surface area contributed by atoms with Gasteiger partial charge in [-0.1, -0.05) is 11.6 Å². The van der Waals surface area contributed by atoms with Crippen molar-refractivity contribution in [3.63, 3.8) is 0 Å². The van der Waals surface area contributed by atoms with Gasteiger partial charge in [0.15, 0.2) is 5.15 Å².